The van der Waals surface area contributed by atoms with Gasteiger partial charge in [0, 0.05) is 0 Å². The molecule has 154 valence electrons. The largest absolute Gasteiger partial charge is 0.493 e. The van der Waals surface area contributed by atoms with Crippen LogP contribution >= 0.6 is 11.8 Å². The maximum atomic E-state index is 12.5. The van der Waals surface area contributed by atoms with Gasteiger partial charge in [-0.1, -0.05) is 60.7 Å². The van der Waals surface area contributed by atoms with E-state index < -0.39 is 11.9 Å². The van der Waals surface area contributed by atoms with Crippen molar-refractivity contribution in [1.82, 2.24) is 0 Å². The van der Waals surface area contributed by atoms with Crippen molar-refractivity contribution in [3.63, 3.8) is 0 Å². The number of benzene rings is 3. The number of ether oxygens (including phenoxy) is 3. The summed E-state index contributed by atoms with van der Waals surface area (Å²) >= 11 is 1.49. The average Bonchev–Trinajstić information content (AvgIpc) is 2.80. The van der Waals surface area contributed by atoms with Crippen LogP contribution < -0.4 is 9.47 Å². The summed E-state index contributed by atoms with van der Waals surface area (Å²) in [5.74, 6) is -0.196. The highest BCUT2D eigenvalue weighted by atomic mass is 32.2. The summed E-state index contributed by atoms with van der Waals surface area (Å²) in [6.45, 7) is 0. The Hall–Kier alpha value is -3.25. The standard InChI is InChI=1S/C24H22O5S/c1-27-21-15-19(24(26)28-2)13-14-20(21)29-22(25)16-30-23(17-9-5-3-6-10-17)18-11-7-4-8-12-18/h3-15,23H,16H2,1-2H3. The first-order valence-electron chi connectivity index (χ1n) is 9.31. The van der Waals surface area contributed by atoms with Crippen LogP contribution in [0.3, 0.4) is 0 Å². The molecular weight excluding hydrogens is 400 g/mol. The highest BCUT2D eigenvalue weighted by Crippen LogP contribution is 2.36. The number of hydrogen-bond donors (Lipinski definition) is 0. The van der Waals surface area contributed by atoms with Gasteiger partial charge in [-0.15, -0.1) is 11.8 Å². The third-order valence-electron chi connectivity index (χ3n) is 4.38. The first-order chi connectivity index (χ1) is 14.6. The van der Waals surface area contributed by atoms with E-state index in [-0.39, 0.29) is 16.8 Å². The van der Waals surface area contributed by atoms with Gasteiger partial charge in [0.25, 0.3) is 0 Å². The van der Waals surface area contributed by atoms with Gasteiger partial charge in [-0.3, -0.25) is 4.79 Å². The molecule has 0 spiro atoms. The molecule has 0 N–H and O–H groups in total. The van der Waals surface area contributed by atoms with Gasteiger partial charge in [0.2, 0.25) is 0 Å². The van der Waals surface area contributed by atoms with E-state index in [1.54, 1.807) is 0 Å². The molecule has 0 saturated carbocycles. The molecule has 5 nitrogen and oxygen atoms in total. The van der Waals surface area contributed by atoms with Crippen molar-refractivity contribution < 1.29 is 23.8 Å². The van der Waals surface area contributed by atoms with E-state index in [0.717, 1.165) is 11.1 Å². The lowest BCUT2D eigenvalue weighted by Gasteiger charge is -2.17. The zero-order valence-corrected chi connectivity index (χ0v) is 17.6. The van der Waals surface area contributed by atoms with Gasteiger partial charge >= 0.3 is 11.9 Å². The van der Waals surface area contributed by atoms with Crippen molar-refractivity contribution in [1.29, 1.82) is 0 Å². The second-order valence-electron chi connectivity index (χ2n) is 6.34. The third kappa shape index (κ3) is 5.42. The molecule has 0 aliphatic heterocycles. The average molecular weight is 423 g/mol. The van der Waals surface area contributed by atoms with Crippen molar-refractivity contribution in [2.75, 3.05) is 20.0 Å². The zero-order chi connectivity index (χ0) is 21.3. The molecule has 30 heavy (non-hydrogen) atoms. The summed E-state index contributed by atoms with van der Waals surface area (Å²) in [5, 5.41) is 0.00328. The van der Waals surface area contributed by atoms with Crippen molar-refractivity contribution in [3.05, 3.63) is 95.6 Å². The second-order valence-corrected chi connectivity index (χ2v) is 7.44. The first kappa shape index (κ1) is 21.5. The Morgan fingerprint density at radius 1 is 0.833 bits per heavy atom. The van der Waals surface area contributed by atoms with E-state index in [9.17, 15) is 9.59 Å². The van der Waals surface area contributed by atoms with Crippen LogP contribution in [0.4, 0.5) is 0 Å². The van der Waals surface area contributed by atoms with Crippen molar-refractivity contribution in [3.8, 4) is 11.5 Å². The Kier molecular flexibility index (Phi) is 7.51. The van der Waals surface area contributed by atoms with Crippen LogP contribution in [0.2, 0.25) is 0 Å². The predicted molar refractivity (Wildman–Crippen MR) is 117 cm³/mol. The summed E-state index contributed by atoms with van der Waals surface area (Å²) in [4.78, 5) is 24.2. The molecule has 0 bridgehead atoms. The number of hydrogen-bond acceptors (Lipinski definition) is 6. The van der Waals surface area contributed by atoms with Crippen LogP contribution in [-0.4, -0.2) is 31.9 Å². The van der Waals surface area contributed by atoms with Crippen LogP contribution in [0.1, 0.15) is 26.7 Å². The van der Waals surface area contributed by atoms with Crippen LogP contribution in [0.15, 0.2) is 78.9 Å². The minimum atomic E-state index is -0.490. The number of thioether (sulfide) groups is 1. The van der Waals surface area contributed by atoms with Crippen LogP contribution in [0, 0.1) is 0 Å². The quantitative estimate of drug-likeness (QED) is 0.380. The highest BCUT2D eigenvalue weighted by molar-refractivity contribution is 8.00. The molecule has 0 aliphatic rings. The van der Waals surface area contributed by atoms with E-state index >= 15 is 0 Å². The van der Waals surface area contributed by atoms with E-state index in [4.69, 9.17) is 14.2 Å². The topological polar surface area (TPSA) is 61.8 Å². The Balaban J connectivity index is 1.71. The monoisotopic (exact) mass is 422 g/mol. The maximum absolute atomic E-state index is 12.5. The fourth-order valence-electron chi connectivity index (χ4n) is 2.94. The third-order valence-corrected chi connectivity index (χ3v) is 5.66. The van der Waals surface area contributed by atoms with Crippen molar-refractivity contribution in [2.24, 2.45) is 0 Å². The van der Waals surface area contributed by atoms with Gasteiger partial charge in [-0.25, -0.2) is 4.79 Å². The first-order valence-corrected chi connectivity index (χ1v) is 10.4. The Labute approximate surface area is 180 Å². The van der Waals surface area contributed by atoms with E-state index in [1.165, 1.54) is 44.2 Å². The molecular formula is C24H22O5S. The van der Waals surface area contributed by atoms with Crippen molar-refractivity contribution >= 4 is 23.7 Å². The molecule has 6 heteroatoms. The fraction of sp³-hybridized carbons (Fsp3) is 0.167. The van der Waals surface area contributed by atoms with Gasteiger partial charge < -0.3 is 14.2 Å². The summed E-state index contributed by atoms with van der Waals surface area (Å²) in [6.07, 6.45) is 0. The number of esters is 2. The number of rotatable bonds is 8. The summed E-state index contributed by atoms with van der Waals surface area (Å²) in [6, 6.07) is 24.6. The Bertz CT molecular complexity index is 949. The zero-order valence-electron chi connectivity index (χ0n) is 16.7. The number of carbonyl (C=O) groups excluding carboxylic acids is 2. The normalized spacial score (nSPS) is 10.5. The molecule has 3 aromatic carbocycles. The van der Waals surface area contributed by atoms with E-state index in [1.807, 2.05) is 60.7 Å². The molecule has 0 radical (unpaired) electrons. The molecule has 0 unspecified atom stereocenters. The van der Waals surface area contributed by atoms with Gasteiger partial charge in [0.05, 0.1) is 30.8 Å². The molecule has 0 fully saturated rings. The molecule has 3 rings (SSSR count). The molecule has 0 saturated heterocycles. The minimum Gasteiger partial charge on any atom is -0.493 e. The van der Waals surface area contributed by atoms with E-state index in [0.29, 0.717) is 11.3 Å². The van der Waals surface area contributed by atoms with Gasteiger partial charge in [-0.05, 0) is 29.3 Å². The highest BCUT2D eigenvalue weighted by Gasteiger charge is 2.19. The summed E-state index contributed by atoms with van der Waals surface area (Å²) in [5.41, 5.74) is 2.54. The number of carbonyl (C=O) groups is 2. The SMILES string of the molecule is COC(=O)c1ccc(OC(=O)CSC(c2ccccc2)c2ccccc2)c(OC)c1. The number of methoxy groups -OCH3 is 2. The lowest BCUT2D eigenvalue weighted by molar-refractivity contribution is -0.131. The van der Waals surface area contributed by atoms with Crippen LogP contribution in [0.25, 0.3) is 0 Å². The molecule has 0 heterocycles. The Morgan fingerprint density at radius 2 is 1.43 bits per heavy atom. The molecule has 0 aliphatic carbocycles. The maximum Gasteiger partial charge on any atom is 0.337 e. The van der Waals surface area contributed by atoms with Crippen LogP contribution in [0.5, 0.6) is 11.5 Å². The molecule has 3 aromatic rings. The second kappa shape index (κ2) is 10.5. The lowest BCUT2D eigenvalue weighted by Crippen LogP contribution is -2.13. The molecule has 0 aromatic heterocycles. The predicted octanol–water partition coefficient (Wildman–Crippen LogP) is 4.91. The van der Waals surface area contributed by atoms with Gasteiger partial charge in [-0.2, -0.15) is 0 Å². The molecule has 0 amide bonds. The molecule has 0 atom stereocenters. The fourth-order valence-corrected chi connectivity index (χ4v) is 4.00. The summed E-state index contributed by atoms with van der Waals surface area (Å²) < 4.78 is 15.4. The van der Waals surface area contributed by atoms with Crippen molar-refractivity contribution in [2.45, 2.75) is 5.25 Å². The lowest BCUT2D eigenvalue weighted by atomic mass is 10.0. The van der Waals surface area contributed by atoms with Gasteiger partial charge in [0.1, 0.15) is 0 Å². The smallest absolute Gasteiger partial charge is 0.337 e. The Morgan fingerprint density at radius 3 is 1.97 bits per heavy atom. The van der Waals surface area contributed by atoms with Crippen LogP contribution in [-0.2, 0) is 9.53 Å². The van der Waals surface area contributed by atoms with E-state index in [2.05, 4.69) is 0 Å². The van der Waals surface area contributed by atoms with Gasteiger partial charge in [0.15, 0.2) is 11.5 Å². The minimum absolute atomic E-state index is 0.00328. The summed E-state index contributed by atoms with van der Waals surface area (Å²) in [7, 11) is 2.75.